The number of benzene rings is 1. The lowest BCUT2D eigenvalue weighted by Crippen LogP contribution is -2.05. The molecule has 0 aromatic heterocycles. The first kappa shape index (κ1) is 11.1. The van der Waals surface area contributed by atoms with Crippen LogP contribution >= 0.6 is 0 Å². The molecule has 1 aromatic carbocycles. The summed E-state index contributed by atoms with van der Waals surface area (Å²) in [4.78, 5) is 0. The van der Waals surface area contributed by atoms with Crippen LogP contribution in [0.2, 0.25) is 0 Å². The van der Waals surface area contributed by atoms with E-state index in [4.69, 9.17) is 0 Å². The molecule has 0 aliphatic rings. The van der Waals surface area contributed by atoms with E-state index in [9.17, 15) is 0 Å². The summed E-state index contributed by atoms with van der Waals surface area (Å²) in [6, 6.07) is 6.47. The Morgan fingerprint density at radius 3 is 2.50 bits per heavy atom. The summed E-state index contributed by atoms with van der Waals surface area (Å²) in [6.45, 7) is 2.25. The van der Waals surface area contributed by atoms with Crippen LogP contribution in [0.1, 0.15) is 24.4 Å². The average Bonchev–Trinajstić information content (AvgIpc) is 2.26. The molecule has 1 aromatic rings. The molecule has 1 unspecified atom stereocenters. The second-order valence-electron chi connectivity index (χ2n) is 3.58. The first-order chi connectivity index (χ1) is 6.74. The molecule has 0 spiro atoms. The molecule has 78 valence electrons. The number of hydrogen-bond acceptors (Lipinski definition) is 2. The second kappa shape index (κ2) is 5.05. The highest BCUT2D eigenvalue weighted by atomic mass is 28.1. The molecule has 0 radical (unpaired) electrons. The summed E-state index contributed by atoms with van der Waals surface area (Å²) in [5, 5.41) is 6.51. The van der Waals surface area contributed by atoms with E-state index in [-0.39, 0.29) is 0 Å². The highest BCUT2D eigenvalue weighted by Gasteiger charge is 2.10. The SMILES string of the molecule is CCC([SiH3])c1cccc(NC)c1NC. The van der Waals surface area contributed by atoms with Gasteiger partial charge in [-0.25, -0.2) is 0 Å². The van der Waals surface area contributed by atoms with Crippen molar-refractivity contribution in [3.8, 4) is 0 Å². The molecule has 0 aliphatic carbocycles. The summed E-state index contributed by atoms with van der Waals surface area (Å²) < 4.78 is 0. The molecular formula is C11H20N2Si. The van der Waals surface area contributed by atoms with Gasteiger partial charge in [0.2, 0.25) is 0 Å². The zero-order valence-corrected chi connectivity index (χ0v) is 11.5. The Balaban J connectivity index is 3.14. The Labute approximate surface area is 89.5 Å². The fraction of sp³-hybridized carbons (Fsp3) is 0.455. The predicted octanol–water partition coefficient (Wildman–Crippen LogP) is 1.59. The van der Waals surface area contributed by atoms with Crippen molar-refractivity contribution in [1.29, 1.82) is 0 Å². The van der Waals surface area contributed by atoms with Gasteiger partial charge in [-0.3, -0.25) is 0 Å². The molecule has 2 nitrogen and oxygen atoms in total. The van der Waals surface area contributed by atoms with Crippen molar-refractivity contribution in [2.45, 2.75) is 18.9 Å². The third kappa shape index (κ3) is 2.10. The van der Waals surface area contributed by atoms with Gasteiger partial charge in [0.1, 0.15) is 0 Å². The van der Waals surface area contributed by atoms with Gasteiger partial charge in [-0.2, -0.15) is 0 Å². The average molecular weight is 208 g/mol. The van der Waals surface area contributed by atoms with Crippen molar-refractivity contribution >= 4 is 21.6 Å². The van der Waals surface area contributed by atoms with E-state index < -0.39 is 0 Å². The zero-order chi connectivity index (χ0) is 10.6. The van der Waals surface area contributed by atoms with Crippen molar-refractivity contribution in [3.63, 3.8) is 0 Å². The lowest BCUT2D eigenvalue weighted by atomic mass is 10.1. The van der Waals surface area contributed by atoms with Gasteiger partial charge in [-0.15, -0.1) is 0 Å². The van der Waals surface area contributed by atoms with Crippen molar-refractivity contribution in [2.24, 2.45) is 0 Å². The highest BCUT2D eigenvalue weighted by molar-refractivity contribution is 6.13. The van der Waals surface area contributed by atoms with Gasteiger partial charge in [0.15, 0.2) is 0 Å². The second-order valence-corrected chi connectivity index (χ2v) is 4.97. The van der Waals surface area contributed by atoms with Crippen molar-refractivity contribution in [2.75, 3.05) is 24.7 Å². The number of nitrogens with one attached hydrogen (secondary N) is 2. The Hall–Kier alpha value is -0.963. The van der Waals surface area contributed by atoms with E-state index in [1.807, 2.05) is 14.1 Å². The van der Waals surface area contributed by atoms with Gasteiger partial charge >= 0.3 is 0 Å². The predicted molar refractivity (Wildman–Crippen MR) is 68.5 cm³/mol. The molecule has 0 saturated carbocycles. The van der Waals surface area contributed by atoms with Crippen LogP contribution in [0.15, 0.2) is 18.2 Å². The van der Waals surface area contributed by atoms with Gasteiger partial charge in [0.05, 0.1) is 11.4 Å². The fourth-order valence-corrected chi connectivity index (χ4v) is 2.17. The molecule has 0 amide bonds. The highest BCUT2D eigenvalue weighted by Crippen LogP contribution is 2.30. The summed E-state index contributed by atoms with van der Waals surface area (Å²) in [6.07, 6.45) is 1.23. The van der Waals surface area contributed by atoms with Crippen molar-refractivity contribution < 1.29 is 0 Å². The van der Waals surface area contributed by atoms with E-state index in [0.29, 0.717) is 0 Å². The Morgan fingerprint density at radius 1 is 1.29 bits per heavy atom. The Kier molecular flexibility index (Phi) is 4.01. The summed E-state index contributed by atoms with van der Waals surface area (Å²) in [5.41, 5.74) is 4.65. The van der Waals surface area contributed by atoms with Crippen LogP contribution in [0.25, 0.3) is 0 Å². The maximum absolute atomic E-state index is 3.29. The first-order valence-electron chi connectivity index (χ1n) is 5.23. The molecule has 0 heterocycles. The number of anilines is 2. The van der Waals surface area contributed by atoms with Gasteiger partial charge in [0, 0.05) is 24.3 Å². The molecular weight excluding hydrogens is 188 g/mol. The summed E-state index contributed by atoms with van der Waals surface area (Å²) in [7, 11) is 5.17. The monoisotopic (exact) mass is 208 g/mol. The Bertz CT molecular complexity index is 299. The lowest BCUT2D eigenvalue weighted by molar-refractivity contribution is 0.884. The maximum Gasteiger partial charge on any atom is 0.0605 e. The molecule has 3 heteroatoms. The third-order valence-corrected chi connectivity index (χ3v) is 4.20. The zero-order valence-electron chi connectivity index (χ0n) is 9.52. The number of hydrogen-bond donors (Lipinski definition) is 2. The minimum Gasteiger partial charge on any atom is -0.386 e. The molecule has 2 N–H and O–H groups in total. The lowest BCUT2D eigenvalue weighted by Gasteiger charge is -2.18. The first-order valence-corrected chi connectivity index (χ1v) is 6.38. The van der Waals surface area contributed by atoms with Crippen molar-refractivity contribution in [1.82, 2.24) is 0 Å². The molecule has 0 bridgehead atoms. The van der Waals surface area contributed by atoms with E-state index in [1.165, 1.54) is 33.6 Å². The van der Waals surface area contributed by atoms with E-state index in [1.54, 1.807) is 0 Å². The van der Waals surface area contributed by atoms with Gasteiger partial charge < -0.3 is 10.6 Å². The molecule has 0 aliphatic heterocycles. The van der Waals surface area contributed by atoms with Crippen LogP contribution in [0.3, 0.4) is 0 Å². The fourth-order valence-electron chi connectivity index (χ4n) is 1.69. The van der Waals surface area contributed by atoms with E-state index >= 15 is 0 Å². The van der Waals surface area contributed by atoms with Crippen LogP contribution < -0.4 is 10.6 Å². The van der Waals surface area contributed by atoms with Crippen LogP contribution in [0.5, 0.6) is 0 Å². The maximum atomic E-state index is 3.29. The minimum absolute atomic E-state index is 0.741. The molecule has 1 rings (SSSR count). The molecule has 0 fully saturated rings. The standard InChI is InChI=1S/C11H20N2Si/c1-4-10(14)8-6-5-7-9(12-2)11(8)13-3/h5-7,10,12-13H,4H2,1-3,14H3. The van der Waals surface area contributed by atoms with E-state index in [2.05, 4.69) is 35.8 Å². The molecule has 1 atom stereocenters. The smallest absolute Gasteiger partial charge is 0.0605 e. The summed E-state index contributed by atoms with van der Waals surface area (Å²) >= 11 is 0. The van der Waals surface area contributed by atoms with E-state index in [0.717, 1.165) is 5.54 Å². The van der Waals surface area contributed by atoms with Gasteiger partial charge in [0.25, 0.3) is 0 Å². The number of para-hydroxylation sites is 1. The van der Waals surface area contributed by atoms with Crippen LogP contribution in [0.4, 0.5) is 11.4 Å². The quantitative estimate of drug-likeness (QED) is 0.734. The number of rotatable bonds is 4. The topological polar surface area (TPSA) is 24.1 Å². The molecule has 0 saturated heterocycles. The van der Waals surface area contributed by atoms with Crippen LogP contribution in [-0.2, 0) is 0 Å². The minimum atomic E-state index is 0.741. The van der Waals surface area contributed by atoms with Crippen molar-refractivity contribution in [3.05, 3.63) is 23.8 Å². The Morgan fingerprint density at radius 2 is 2.00 bits per heavy atom. The van der Waals surface area contributed by atoms with Crippen LogP contribution in [0, 0.1) is 0 Å². The normalized spacial score (nSPS) is 12.5. The van der Waals surface area contributed by atoms with Gasteiger partial charge in [-0.05, 0) is 17.2 Å². The summed E-state index contributed by atoms with van der Waals surface area (Å²) in [5.74, 6) is 0. The largest absolute Gasteiger partial charge is 0.386 e. The van der Waals surface area contributed by atoms with Crippen LogP contribution in [-0.4, -0.2) is 24.3 Å². The third-order valence-electron chi connectivity index (χ3n) is 2.76. The van der Waals surface area contributed by atoms with Gasteiger partial charge in [-0.1, -0.05) is 25.5 Å². The molecule has 14 heavy (non-hydrogen) atoms.